The second kappa shape index (κ2) is 6.50. The van der Waals surface area contributed by atoms with Crippen molar-refractivity contribution in [3.05, 3.63) is 11.6 Å². The lowest BCUT2D eigenvalue weighted by Crippen LogP contribution is -2.40. The molecular weight excluding hydrogens is 248 g/mol. The third-order valence-electron chi connectivity index (χ3n) is 3.07. The zero-order valence-electron chi connectivity index (χ0n) is 12.6. The Balaban J connectivity index is 0.000000861. The zero-order valence-corrected chi connectivity index (χ0v) is 12.6. The van der Waals surface area contributed by atoms with Crippen molar-refractivity contribution in [3.8, 4) is 0 Å². The van der Waals surface area contributed by atoms with E-state index in [-0.39, 0.29) is 24.3 Å². The van der Waals surface area contributed by atoms with Gasteiger partial charge in [0.25, 0.3) is 0 Å². The molecule has 1 aliphatic carbocycles. The number of carbonyl (C=O) groups excluding carboxylic acids is 1. The first-order chi connectivity index (χ1) is 8.96. The molecule has 0 amide bonds. The Kier molecular flexibility index (Phi) is 5.52. The summed E-state index contributed by atoms with van der Waals surface area (Å²) in [5.74, 6) is -0.979. The molecule has 3 atom stereocenters. The Morgan fingerprint density at radius 3 is 2.47 bits per heavy atom. The van der Waals surface area contributed by atoms with Gasteiger partial charge in [-0.2, -0.15) is 0 Å². The van der Waals surface area contributed by atoms with Crippen LogP contribution >= 0.6 is 0 Å². The van der Waals surface area contributed by atoms with E-state index in [0.717, 1.165) is 0 Å². The predicted octanol–water partition coefficient (Wildman–Crippen LogP) is 2.05. The van der Waals surface area contributed by atoms with Gasteiger partial charge in [0.05, 0.1) is 13.2 Å². The molecule has 0 aromatic rings. The number of hydrogen-bond acceptors (Lipinski definition) is 5. The van der Waals surface area contributed by atoms with Crippen molar-refractivity contribution in [3.63, 3.8) is 0 Å². The standard InChI is InChI=1S/C12H18O5.C2H6/c1-12(2)16-9-6-7(11(13)15-4)5-8(14-3)10(9)17-12;1-2/h6,8-10H,5H2,1-4H3;1-2H3/t8?,9-,10+;/m1./s1. The van der Waals surface area contributed by atoms with Crippen LogP contribution in [0.3, 0.4) is 0 Å². The van der Waals surface area contributed by atoms with Crippen LogP contribution in [0.5, 0.6) is 0 Å². The Morgan fingerprint density at radius 1 is 1.32 bits per heavy atom. The number of carbonyl (C=O) groups is 1. The van der Waals surface area contributed by atoms with E-state index < -0.39 is 5.79 Å². The fraction of sp³-hybridized carbons (Fsp3) is 0.786. The summed E-state index contributed by atoms with van der Waals surface area (Å²) in [4.78, 5) is 11.5. The van der Waals surface area contributed by atoms with Crippen LogP contribution in [0.2, 0.25) is 0 Å². The number of esters is 1. The van der Waals surface area contributed by atoms with Crippen molar-refractivity contribution in [2.75, 3.05) is 14.2 Å². The maximum atomic E-state index is 11.5. The van der Waals surface area contributed by atoms with E-state index in [1.807, 2.05) is 27.7 Å². The van der Waals surface area contributed by atoms with Gasteiger partial charge in [0, 0.05) is 19.1 Å². The van der Waals surface area contributed by atoms with Crippen molar-refractivity contribution < 1.29 is 23.7 Å². The van der Waals surface area contributed by atoms with Crippen LogP contribution in [0.25, 0.3) is 0 Å². The Morgan fingerprint density at radius 2 is 1.95 bits per heavy atom. The number of fused-ring (bicyclic) bond motifs is 1. The van der Waals surface area contributed by atoms with Crippen LogP contribution in [-0.2, 0) is 23.7 Å². The number of hydrogen-bond donors (Lipinski definition) is 0. The highest BCUT2D eigenvalue weighted by molar-refractivity contribution is 5.88. The molecular formula is C14H24O5. The lowest BCUT2D eigenvalue weighted by Gasteiger charge is -2.28. The third-order valence-corrected chi connectivity index (χ3v) is 3.07. The molecule has 0 N–H and O–H groups in total. The monoisotopic (exact) mass is 272 g/mol. The van der Waals surface area contributed by atoms with Gasteiger partial charge in [-0.05, 0) is 19.9 Å². The average Bonchev–Trinajstić information content (AvgIpc) is 2.72. The van der Waals surface area contributed by atoms with E-state index in [1.54, 1.807) is 13.2 Å². The van der Waals surface area contributed by atoms with E-state index in [0.29, 0.717) is 12.0 Å². The maximum absolute atomic E-state index is 11.5. The molecule has 1 fully saturated rings. The van der Waals surface area contributed by atoms with Crippen LogP contribution < -0.4 is 0 Å². The van der Waals surface area contributed by atoms with E-state index >= 15 is 0 Å². The Hall–Kier alpha value is -0.910. The molecule has 1 aliphatic heterocycles. The lowest BCUT2D eigenvalue weighted by atomic mass is 9.92. The highest BCUT2D eigenvalue weighted by Crippen LogP contribution is 2.37. The second-order valence-corrected chi connectivity index (χ2v) is 4.73. The molecule has 1 unspecified atom stereocenters. The normalized spacial score (nSPS) is 31.7. The van der Waals surface area contributed by atoms with Crippen LogP contribution in [0.4, 0.5) is 0 Å². The summed E-state index contributed by atoms with van der Waals surface area (Å²) in [5, 5.41) is 0. The summed E-state index contributed by atoms with van der Waals surface area (Å²) in [6.07, 6.45) is 1.67. The van der Waals surface area contributed by atoms with Crippen molar-refractivity contribution in [2.24, 2.45) is 0 Å². The first kappa shape index (κ1) is 16.1. The van der Waals surface area contributed by atoms with E-state index in [9.17, 15) is 4.79 Å². The highest BCUT2D eigenvalue weighted by atomic mass is 16.8. The van der Waals surface area contributed by atoms with Crippen LogP contribution in [0.1, 0.15) is 34.1 Å². The molecule has 5 nitrogen and oxygen atoms in total. The second-order valence-electron chi connectivity index (χ2n) is 4.73. The molecule has 1 heterocycles. The molecule has 110 valence electrons. The van der Waals surface area contributed by atoms with Crippen molar-refractivity contribution in [1.82, 2.24) is 0 Å². The van der Waals surface area contributed by atoms with Gasteiger partial charge in [0.15, 0.2) is 5.79 Å². The average molecular weight is 272 g/mol. The summed E-state index contributed by atoms with van der Waals surface area (Å²) in [7, 11) is 2.98. The van der Waals surface area contributed by atoms with E-state index in [4.69, 9.17) is 18.9 Å². The maximum Gasteiger partial charge on any atom is 0.333 e. The minimum atomic E-state index is -0.645. The molecule has 0 radical (unpaired) electrons. The van der Waals surface area contributed by atoms with Gasteiger partial charge >= 0.3 is 5.97 Å². The van der Waals surface area contributed by atoms with E-state index in [1.165, 1.54) is 7.11 Å². The van der Waals surface area contributed by atoms with Gasteiger partial charge < -0.3 is 18.9 Å². The molecule has 5 heteroatoms. The molecule has 2 aliphatic rings. The quantitative estimate of drug-likeness (QED) is 0.720. The SMILES string of the molecule is CC.COC(=O)C1=C[C@H]2OC(C)(C)O[C@H]2C(OC)C1. The molecule has 0 saturated carbocycles. The summed E-state index contributed by atoms with van der Waals surface area (Å²) in [5.41, 5.74) is 0.585. The molecule has 2 rings (SSSR count). The van der Waals surface area contributed by atoms with Gasteiger partial charge in [-0.1, -0.05) is 13.8 Å². The van der Waals surface area contributed by atoms with Crippen LogP contribution in [0, 0.1) is 0 Å². The fourth-order valence-electron chi connectivity index (χ4n) is 2.33. The number of rotatable bonds is 2. The number of ether oxygens (including phenoxy) is 4. The van der Waals surface area contributed by atoms with E-state index in [2.05, 4.69) is 0 Å². The summed E-state index contributed by atoms with van der Waals surface area (Å²) in [6.45, 7) is 7.70. The molecule has 0 aromatic heterocycles. The fourth-order valence-corrected chi connectivity index (χ4v) is 2.33. The highest BCUT2D eigenvalue weighted by Gasteiger charge is 2.47. The molecule has 0 bridgehead atoms. The topological polar surface area (TPSA) is 54.0 Å². The Labute approximate surface area is 114 Å². The molecule has 0 spiro atoms. The van der Waals surface area contributed by atoms with Crippen LogP contribution in [-0.4, -0.2) is 44.3 Å². The lowest BCUT2D eigenvalue weighted by molar-refractivity contribution is -0.154. The zero-order chi connectivity index (χ0) is 14.6. The van der Waals surface area contributed by atoms with Crippen molar-refractivity contribution in [2.45, 2.75) is 58.2 Å². The molecule has 1 saturated heterocycles. The summed E-state index contributed by atoms with van der Waals surface area (Å²) < 4.78 is 21.6. The predicted molar refractivity (Wildman–Crippen MR) is 70.7 cm³/mol. The minimum Gasteiger partial charge on any atom is -0.466 e. The molecule has 0 aromatic carbocycles. The van der Waals surface area contributed by atoms with Crippen LogP contribution in [0.15, 0.2) is 11.6 Å². The third kappa shape index (κ3) is 3.55. The summed E-state index contributed by atoms with van der Waals surface area (Å²) in [6, 6.07) is 0. The van der Waals surface area contributed by atoms with Gasteiger partial charge in [0.1, 0.15) is 12.2 Å². The smallest absolute Gasteiger partial charge is 0.333 e. The minimum absolute atomic E-state index is 0.164. The van der Waals surface area contributed by atoms with Gasteiger partial charge in [-0.3, -0.25) is 0 Å². The largest absolute Gasteiger partial charge is 0.466 e. The van der Waals surface area contributed by atoms with Gasteiger partial charge in [-0.15, -0.1) is 0 Å². The van der Waals surface area contributed by atoms with Gasteiger partial charge in [-0.25, -0.2) is 4.79 Å². The first-order valence-electron chi connectivity index (χ1n) is 6.64. The van der Waals surface area contributed by atoms with Gasteiger partial charge in [0.2, 0.25) is 0 Å². The first-order valence-corrected chi connectivity index (χ1v) is 6.64. The number of methoxy groups -OCH3 is 2. The van der Waals surface area contributed by atoms with Crippen molar-refractivity contribution in [1.29, 1.82) is 0 Å². The molecule has 19 heavy (non-hydrogen) atoms. The summed E-state index contributed by atoms with van der Waals surface area (Å²) >= 11 is 0. The Bertz CT molecular complexity index is 348. The van der Waals surface area contributed by atoms with Crippen molar-refractivity contribution >= 4 is 5.97 Å².